The van der Waals surface area contributed by atoms with Crippen molar-refractivity contribution in [2.45, 2.75) is 32.0 Å². The summed E-state index contributed by atoms with van der Waals surface area (Å²) in [7, 11) is 0. The van der Waals surface area contributed by atoms with E-state index in [1.54, 1.807) is 0 Å². The van der Waals surface area contributed by atoms with Crippen LogP contribution in [0.15, 0.2) is 0 Å². The molecule has 0 aliphatic carbocycles. The molecular formula is C10H12O6. The van der Waals surface area contributed by atoms with Crippen LogP contribution >= 0.6 is 0 Å². The lowest BCUT2D eigenvalue weighted by molar-refractivity contribution is -0.162. The summed E-state index contributed by atoms with van der Waals surface area (Å²) in [5, 5.41) is 8.86. The largest absolute Gasteiger partial charge is 0.481 e. The number of hydrogen-bond donors (Lipinski definition) is 1. The van der Waals surface area contributed by atoms with Gasteiger partial charge < -0.3 is 14.6 Å². The Morgan fingerprint density at radius 3 is 2.56 bits per heavy atom. The molecule has 1 N–H and O–H groups in total. The van der Waals surface area contributed by atoms with Gasteiger partial charge in [-0.1, -0.05) is 13.3 Å². The molecular weight excluding hydrogens is 216 g/mol. The lowest BCUT2D eigenvalue weighted by atomic mass is 9.89. The van der Waals surface area contributed by atoms with Crippen molar-refractivity contribution in [3.8, 4) is 0 Å². The molecule has 6 heteroatoms. The lowest BCUT2D eigenvalue weighted by Crippen LogP contribution is -2.30. The molecule has 0 radical (unpaired) electrons. The number of rotatable bonds is 3. The first kappa shape index (κ1) is 10.9. The van der Waals surface area contributed by atoms with Gasteiger partial charge in [-0.3, -0.25) is 14.4 Å². The van der Waals surface area contributed by atoms with Crippen LogP contribution in [0.1, 0.15) is 19.8 Å². The van der Waals surface area contributed by atoms with Crippen molar-refractivity contribution in [2.75, 3.05) is 0 Å². The molecule has 2 aliphatic rings. The quantitative estimate of drug-likeness (QED) is 0.538. The third kappa shape index (κ3) is 1.45. The molecule has 2 saturated heterocycles. The normalized spacial score (nSPS) is 36.8. The molecule has 6 nitrogen and oxygen atoms in total. The van der Waals surface area contributed by atoms with Gasteiger partial charge in [-0.15, -0.1) is 0 Å². The SMILES string of the molecule is CCCC1OC(=O)C2C(C(=O)O)C(=O)OC12. The Bertz CT molecular complexity index is 349. The van der Waals surface area contributed by atoms with Crippen LogP contribution in [0, 0.1) is 11.8 Å². The van der Waals surface area contributed by atoms with E-state index in [-0.39, 0.29) is 0 Å². The van der Waals surface area contributed by atoms with Crippen LogP contribution in [0.5, 0.6) is 0 Å². The number of carbonyl (C=O) groups excluding carboxylic acids is 2. The number of ether oxygens (including phenoxy) is 2. The molecule has 0 aromatic rings. The Balaban J connectivity index is 2.23. The zero-order valence-corrected chi connectivity index (χ0v) is 8.71. The van der Waals surface area contributed by atoms with Crippen molar-refractivity contribution in [3.05, 3.63) is 0 Å². The second kappa shape index (κ2) is 3.77. The average molecular weight is 228 g/mol. The molecule has 2 heterocycles. The smallest absolute Gasteiger partial charge is 0.321 e. The van der Waals surface area contributed by atoms with Crippen molar-refractivity contribution in [1.29, 1.82) is 0 Å². The molecule has 88 valence electrons. The molecule has 4 atom stereocenters. The number of aliphatic carboxylic acids is 1. The first-order chi connectivity index (χ1) is 7.56. The maximum absolute atomic E-state index is 11.5. The predicted molar refractivity (Wildman–Crippen MR) is 49.3 cm³/mol. The fourth-order valence-corrected chi connectivity index (χ4v) is 2.25. The Hall–Kier alpha value is -1.59. The highest BCUT2D eigenvalue weighted by Gasteiger charge is 2.60. The standard InChI is InChI=1S/C10H12O6/c1-2-3-4-7-5(9(13)15-4)6(8(11)12)10(14)16-7/h4-7H,2-3H2,1H3,(H,11,12). The van der Waals surface area contributed by atoms with Gasteiger partial charge in [-0.25, -0.2) is 0 Å². The van der Waals surface area contributed by atoms with E-state index in [4.69, 9.17) is 14.6 Å². The van der Waals surface area contributed by atoms with Gasteiger partial charge in [-0.05, 0) is 6.42 Å². The van der Waals surface area contributed by atoms with Crippen LogP contribution in [0.4, 0.5) is 0 Å². The summed E-state index contributed by atoms with van der Waals surface area (Å²) >= 11 is 0. The van der Waals surface area contributed by atoms with Gasteiger partial charge in [0.2, 0.25) is 0 Å². The number of fused-ring (bicyclic) bond motifs is 1. The van der Waals surface area contributed by atoms with E-state index in [0.29, 0.717) is 6.42 Å². The van der Waals surface area contributed by atoms with Gasteiger partial charge in [0.05, 0.1) is 0 Å². The monoisotopic (exact) mass is 228 g/mol. The molecule has 0 amide bonds. The Kier molecular flexibility index (Phi) is 2.57. The maximum atomic E-state index is 11.5. The van der Waals surface area contributed by atoms with Crippen LogP contribution in [0.25, 0.3) is 0 Å². The van der Waals surface area contributed by atoms with E-state index in [1.807, 2.05) is 6.92 Å². The van der Waals surface area contributed by atoms with Crippen LogP contribution < -0.4 is 0 Å². The van der Waals surface area contributed by atoms with E-state index >= 15 is 0 Å². The minimum Gasteiger partial charge on any atom is -0.481 e. The molecule has 2 aliphatic heterocycles. The number of carboxylic acids is 1. The van der Waals surface area contributed by atoms with E-state index in [2.05, 4.69) is 0 Å². The highest BCUT2D eigenvalue weighted by molar-refractivity contribution is 6.01. The Labute approximate surface area is 91.5 Å². The summed E-state index contributed by atoms with van der Waals surface area (Å²) in [6.07, 6.45) is 0.139. The number of esters is 2. The molecule has 0 bridgehead atoms. The number of carboxylic acid groups (broad SMARTS) is 1. The molecule has 16 heavy (non-hydrogen) atoms. The maximum Gasteiger partial charge on any atom is 0.321 e. The fraction of sp³-hybridized carbons (Fsp3) is 0.700. The fourth-order valence-electron chi connectivity index (χ4n) is 2.25. The van der Waals surface area contributed by atoms with Crippen LogP contribution in [0.2, 0.25) is 0 Å². The summed E-state index contributed by atoms with van der Waals surface area (Å²) in [5.74, 6) is -5.17. The number of carbonyl (C=O) groups is 3. The van der Waals surface area contributed by atoms with Gasteiger partial charge >= 0.3 is 17.9 Å². The highest BCUT2D eigenvalue weighted by atomic mass is 16.6. The van der Waals surface area contributed by atoms with E-state index in [1.165, 1.54) is 0 Å². The van der Waals surface area contributed by atoms with Crippen LogP contribution in [-0.2, 0) is 23.9 Å². The molecule has 0 aromatic heterocycles. The zero-order valence-electron chi connectivity index (χ0n) is 8.71. The van der Waals surface area contributed by atoms with E-state index < -0.39 is 42.0 Å². The topological polar surface area (TPSA) is 89.9 Å². The van der Waals surface area contributed by atoms with Crippen molar-refractivity contribution < 1.29 is 29.0 Å². The minimum absolute atomic E-state index is 0.490. The molecule has 4 unspecified atom stereocenters. The average Bonchev–Trinajstić information content (AvgIpc) is 2.66. The van der Waals surface area contributed by atoms with Crippen molar-refractivity contribution in [2.24, 2.45) is 11.8 Å². The second-order valence-corrected chi connectivity index (χ2v) is 4.01. The second-order valence-electron chi connectivity index (χ2n) is 4.01. The van der Waals surface area contributed by atoms with Crippen molar-refractivity contribution in [3.63, 3.8) is 0 Å². The highest BCUT2D eigenvalue weighted by Crippen LogP contribution is 2.39. The first-order valence-corrected chi connectivity index (χ1v) is 5.20. The third-order valence-corrected chi connectivity index (χ3v) is 2.96. The summed E-state index contributed by atoms with van der Waals surface area (Å²) in [6, 6.07) is 0. The van der Waals surface area contributed by atoms with E-state index in [0.717, 1.165) is 6.42 Å². The third-order valence-electron chi connectivity index (χ3n) is 2.96. The lowest BCUT2D eigenvalue weighted by Gasteiger charge is -2.13. The van der Waals surface area contributed by atoms with E-state index in [9.17, 15) is 14.4 Å². The molecule has 2 fully saturated rings. The Morgan fingerprint density at radius 2 is 2.00 bits per heavy atom. The van der Waals surface area contributed by atoms with Gasteiger partial charge in [0.1, 0.15) is 12.0 Å². The zero-order chi connectivity index (χ0) is 11.9. The minimum atomic E-state index is -1.40. The molecule has 0 aromatic carbocycles. The van der Waals surface area contributed by atoms with Gasteiger partial charge in [0.25, 0.3) is 0 Å². The van der Waals surface area contributed by atoms with Gasteiger partial charge in [0, 0.05) is 0 Å². The van der Waals surface area contributed by atoms with Gasteiger partial charge in [0.15, 0.2) is 12.0 Å². The summed E-state index contributed by atoms with van der Waals surface area (Å²) in [4.78, 5) is 33.7. The Morgan fingerprint density at radius 1 is 1.31 bits per heavy atom. The molecule has 2 rings (SSSR count). The number of cyclic esters (lactones) is 1. The van der Waals surface area contributed by atoms with Crippen LogP contribution in [-0.4, -0.2) is 35.2 Å². The number of hydrogen-bond acceptors (Lipinski definition) is 5. The predicted octanol–water partition coefficient (Wildman–Crippen LogP) is -0.0457. The van der Waals surface area contributed by atoms with Crippen LogP contribution in [0.3, 0.4) is 0 Å². The first-order valence-electron chi connectivity index (χ1n) is 5.20. The summed E-state index contributed by atoms with van der Waals surface area (Å²) in [6.45, 7) is 1.91. The van der Waals surface area contributed by atoms with Crippen molar-refractivity contribution >= 4 is 17.9 Å². The summed E-state index contributed by atoms with van der Waals surface area (Å²) in [5.41, 5.74) is 0. The molecule has 0 spiro atoms. The summed E-state index contributed by atoms with van der Waals surface area (Å²) < 4.78 is 9.95. The van der Waals surface area contributed by atoms with Crippen molar-refractivity contribution in [1.82, 2.24) is 0 Å². The molecule has 0 saturated carbocycles. The van der Waals surface area contributed by atoms with Gasteiger partial charge in [-0.2, -0.15) is 0 Å².